The van der Waals surface area contributed by atoms with Crippen LogP contribution in [-0.4, -0.2) is 21.1 Å². The fraction of sp³-hybridized carbons (Fsp3) is 0.255. The van der Waals surface area contributed by atoms with E-state index in [2.05, 4.69) is 167 Å². The standard InChI is InChI=1S/C47H49NSi2/c1-49(2,3)39-22-17-33(18-23-39)45-31-38(32-46(48-45)34-19-24-40(25-20-34)50(4,5)6)36-14-12-13-35(29-36)37-21-26-42-41-15-8-9-16-43(41)47(44(42)30-37)27-10-7-11-28-47/h8-9,12-26,29-32H,7,10-11,27-28H2,1-6H3. The molecule has 0 aliphatic heterocycles. The van der Waals surface area contributed by atoms with Crippen molar-refractivity contribution in [3.63, 3.8) is 0 Å². The summed E-state index contributed by atoms with van der Waals surface area (Å²) < 4.78 is 0. The highest BCUT2D eigenvalue weighted by atomic mass is 28.3. The fourth-order valence-electron chi connectivity index (χ4n) is 8.48. The van der Waals surface area contributed by atoms with E-state index in [0.717, 1.165) is 11.4 Å². The van der Waals surface area contributed by atoms with Gasteiger partial charge < -0.3 is 0 Å². The van der Waals surface area contributed by atoms with Gasteiger partial charge in [0.2, 0.25) is 0 Å². The lowest BCUT2D eigenvalue weighted by molar-refractivity contribution is 0.353. The van der Waals surface area contributed by atoms with Crippen molar-refractivity contribution in [1.29, 1.82) is 0 Å². The molecule has 8 rings (SSSR count). The van der Waals surface area contributed by atoms with E-state index in [1.165, 1.54) is 87.0 Å². The Balaban J connectivity index is 1.22. The summed E-state index contributed by atoms with van der Waals surface area (Å²) in [5.41, 5.74) is 15.5. The van der Waals surface area contributed by atoms with Crippen LogP contribution in [0.5, 0.6) is 0 Å². The summed E-state index contributed by atoms with van der Waals surface area (Å²) in [7, 11) is -2.80. The molecule has 6 aromatic rings. The molecule has 0 bridgehead atoms. The van der Waals surface area contributed by atoms with Gasteiger partial charge in [-0.15, -0.1) is 0 Å². The van der Waals surface area contributed by atoms with Crippen LogP contribution in [0.15, 0.2) is 127 Å². The fourth-order valence-corrected chi connectivity index (χ4v) is 10.8. The second-order valence-electron chi connectivity index (χ2n) is 16.8. The molecule has 0 radical (unpaired) electrons. The van der Waals surface area contributed by atoms with Crippen molar-refractivity contribution in [2.75, 3.05) is 0 Å². The third-order valence-corrected chi connectivity index (χ3v) is 15.6. The smallest absolute Gasteiger partial charge is 0.0775 e. The first-order chi connectivity index (χ1) is 24.0. The maximum Gasteiger partial charge on any atom is 0.0775 e. The third kappa shape index (κ3) is 5.95. The van der Waals surface area contributed by atoms with Crippen molar-refractivity contribution in [1.82, 2.24) is 4.98 Å². The maximum atomic E-state index is 5.29. The number of aromatic nitrogens is 1. The number of pyridine rings is 1. The number of rotatable bonds is 6. The molecule has 0 saturated heterocycles. The molecule has 3 heteroatoms. The molecular weight excluding hydrogens is 635 g/mol. The molecule has 1 spiro atoms. The molecule has 0 unspecified atom stereocenters. The molecule has 1 saturated carbocycles. The molecule has 2 aliphatic rings. The van der Waals surface area contributed by atoms with Gasteiger partial charge in [0.15, 0.2) is 0 Å². The van der Waals surface area contributed by atoms with Crippen molar-refractivity contribution < 1.29 is 0 Å². The largest absolute Gasteiger partial charge is 0.248 e. The van der Waals surface area contributed by atoms with Crippen LogP contribution in [0.1, 0.15) is 43.2 Å². The van der Waals surface area contributed by atoms with Gasteiger partial charge in [-0.1, -0.05) is 172 Å². The van der Waals surface area contributed by atoms with E-state index < -0.39 is 16.1 Å². The molecule has 1 nitrogen and oxygen atoms in total. The van der Waals surface area contributed by atoms with Gasteiger partial charge in [0.25, 0.3) is 0 Å². The van der Waals surface area contributed by atoms with Crippen LogP contribution in [0.25, 0.3) is 55.9 Å². The Labute approximate surface area is 301 Å². The van der Waals surface area contributed by atoms with Gasteiger partial charge in [-0.05, 0) is 81.6 Å². The van der Waals surface area contributed by atoms with Crippen molar-refractivity contribution in [2.45, 2.75) is 76.8 Å². The van der Waals surface area contributed by atoms with E-state index in [-0.39, 0.29) is 5.41 Å². The van der Waals surface area contributed by atoms with Gasteiger partial charge in [-0.3, -0.25) is 0 Å². The molecule has 1 aromatic heterocycles. The second kappa shape index (κ2) is 12.5. The molecule has 1 fully saturated rings. The van der Waals surface area contributed by atoms with E-state index in [0.29, 0.717) is 0 Å². The minimum atomic E-state index is -1.40. The Morgan fingerprint density at radius 2 is 0.920 bits per heavy atom. The molecule has 5 aromatic carbocycles. The minimum absolute atomic E-state index is 0.156. The summed E-state index contributed by atoms with van der Waals surface area (Å²) in [5.74, 6) is 0. The topological polar surface area (TPSA) is 12.9 Å². The van der Waals surface area contributed by atoms with Crippen LogP contribution in [-0.2, 0) is 5.41 Å². The molecule has 2 aliphatic carbocycles. The summed E-state index contributed by atoms with van der Waals surface area (Å²) in [6, 6.07) is 48.6. The van der Waals surface area contributed by atoms with Gasteiger partial charge in [0.1, 0.15) is 0 Å². The highest BCUT2D eigenvalue weighted by molar-refractivity contribution is 6.89. The first-order valence-corrected chi connectivity index (χ1v) is 25.6. The van der Waals surface area contributed by atoms with Crippen molar-refractivity contribution in [2.24, 2.45) is 0 Å². The Morgan fingerprint density at radius 1 is 0.420 bits per heavy atom. The first kappa shape index (κ1) is 32.9. The Kier molecular flexibility index (Phi) is 8.20. The zero-order valence-corrected chi connectivity index (χ0v) is 32.6. The van der Waals surface area contributed by atoms with Crippen LogP contribution < -0.4 is 10.4 Å². The number of hydrogen-bond donors (Lipinski definition) is 0. The van der Waals surface area contributed by atoms with E-state index in [1.807, 2.05) is 0 Å². The van der Waals surface area contributed by atoms with Crippen molar-refractivity contribution in [3.05, 3.63) is 139 Å². The average molecular weight is 684 g/mol. The number of benzene rings is 5. The van der Waals surface area contributed by atoms with Crippen molar-refractivity contribution >= 4 is 26.5 Å². The molecule has 0 N–H and O–H groups in total. The quantitative estimate of drug-likeness (QED) is 0.159. The van der Waals surface area contributed by atoms with Gasteiger partial charge in [-0.2, -0.15) is 0 Å². The predicted molar refractivity (Wildman–Crippen MR) is 221 cm³/mol. The van der Waals surface area contributed by atoms with Gasteiger partial charge in [0, 0.05) is 16.5 Å². The molecule has 250 valence electrons. The normalized spacial score (nSPS) is 15.2. The SMILES string of the molecule is C[Si](C)(C)c1ccc(-c2cc(-c3cccc(-c4ccc5c(c4)C4(CCCCC4)c4ccccc4-5)c3)cc(-c3ccc([Si](C)(C)C)cc3)n2)cc1. The summed E-state index contributed by atoms with van der Waals surface area (Å²) in [5, 5.41) is 2.94. The van der Waals surface area contributed by atoms with Crippen LogP contribution >= 0.6 is 0 Å². The Hall–Kier alpha value is -4.32. The Morgan fingerprint density at radius 3 is 1.50 bits per heavy atom. The predicted octanol–water partition coefficient (Wildman–Crippen LogP) is 12.1. The number of nitrogens with zero attached hydrogens (tertiary/aromatic N) is 1. The monoisotopic (exact) mass is 683 g/mol. The van der Waals surface area contributed by atoms with E-state index in [4.69, 9.17) is 4.98 Å². The summed E-state index contributed by atoms with van der Waals surface area (Å²) in [6.45, 7) is 14.4. The average Bonchev–Trinajstić information content (AvgIpc) is 3.39. The zero-order valence-electron chi connectivity index (χ0n) is 30.6. The summed E-state index contributed by atoms with van der Waals surface area (Å²) in [4.78, 5) is 5.29. The summed E-state index contributed by atoms with van der Waals surface area (Å²) in [6.07, 6.45) is 6.47. The highest BCUT2D eigenvalue weighted by Crippen LogP contribution is 2.56. The maximum absolute atomic E-state index is 5.29. The molecule has 50 heavy (non-hydrogen) atoms. The molecule has 0 atom stereocenters. The highest BCUT2D eigenvalue weighted by Gasteiger charge is 2.43. The van der Waals surface area contributed by atoms with Crippen molar-refractivity contribution in [3.8, 4) is 55.9 Å². The van der Waals surface area contributed by atoms with E-state index in [9.17, 15) is 0 Å². The first-order valence-electron chi connectivity index (χ1n) is 18.6. The van der Waals surface area contributed by atoms with Gasteiger partial charge >= 0.3 is 0 Å². The van der Waals surface area contributed by atoms with E-state index >= 15 is 0 Å². The zero-order chi connectivity index (χ0) is 34.7. The lowest BCUT2D eigenvalue weighted by Crippen LogP contribution is -2.37. The lowest BCUT2D eigenvalue weighted by atomic mass is 9.67. The van der Waals surface area contributed by atoms with Gasteiger partial charge in [-0.25, -0.2) is 4.98 Å². The number of hydrogen-bond acceptors (Lipinski definition) is 1. The van der Waals surface area contributed by atoms with Crippen LogP contribution in [0.4, 0.5) is 0 Å². The summed E-state index contributed by atoms with van der Waals surface area (Å²) >= 11 is 0. The third-order valence-electron chi connectivity index (χ3n) is 11.4. The van der Waals surface area contributed by atoms with E-state index in [1.54, 1.807) is 11.1 Å². The molecular formula is C47H49NSi2. The molecule has 0 amide bonds. The van der Waals surface area contributed by atoms with Crippen LogP contribution in [0.2, 0.25) is 39.3 Å². The molecule has 1 heterocycles. The lowest BCUT2D eigenvalue weighted by Gasteiger charge is -2.36. The van der Waals surface area contributed by atoms with Crippen LogP contribution in [0.3, 0.4) is 0 Å². The second-order valence-corrected chi connectivity index (χ2v) is 27.0. The minimum Gasteiger partial charge on any atom is -0.248 e. The van der Waals surface area contributed by atoms with Crippen LogP contribution in [0, 0.1) is 0 Å². The number of fused-ring (bicyclic) bond motifs is 5. The Bertz CT molecular complexity index is 2120. The van der Waals surface area contributed by atoms with Gasteiger partial charge in [0.05, 0.1) is 27.5 Å².